The second-order valence-corrected chi connectivity index (χ2v) is 6.21. The zero-order chi connectivity index (χ0) is 14.8. The van der Waals surface area contributed by atoms with Gasteiger partial charge in [0.2, 0.25) is 5.91 Å². The number of rotatable bonds is 4. The first kappa shape index (κ1) is 14.4. The highest BCUT2D eigenvalue weighted by molar-refractivity contribution is 7.94. The number of benzene rings is 1. The summed E-state index contributed by atoms with van der Waals surface area (Å²) < 4.78 is 27.1. The molecule has 1 aromatic carbocycles. The number of nitrogens with zero attached hydrogens (tertiary/aromatic N) is 2. The van der Waals surface area contributed by atoms with Crippen molar-refractivity contribution in [1.29, 1.82) is 0 Å². The number of para-hydroxylation sites is 2. The number of anilines is 2. The van der Waals surface area contributed by atoms with E-state index in [0.717, 1.165) is 0 Å². The number of allylic oxidation sites excluding steroid dienone is 1. The van der Waals surface area contributed by atoms with Crippen LogP contribution in [0.25, 0.3) is 0 Å². The second kappa shape index (κ2) is 5.54. The lowest BCUT2D eigenvalue weighted by molar-refractivity contribution is -0.116. The highest BCUT2D eigenvalue weighted by Crippen LogP contribution is 2.38. The first-order valence-corrected chi connectivity index (χ1v) is 7.64. The normalized spacial score (nSPS) is 16.5. The zero-order valence-corrected chi connectivity index (χ0v) is 12.2. The van der Waals surface area contributed by atoms with E-state index in [4.69, 9.17) is 0 Å². The van der Waals surface area contributed by atoms with Crippen molar-refractivity contribution in [1.82, 2.24) is 5.32 Å². The Kier molecular flexibility index (Phi) is 3.99. The summed E-state index contributed by atoms with van der Waals surface area (Å²) in [7, 11) is -2.02. The summed E-state index contributed by atoms with van der Waals surface area (Å²) in [4.78, 5) is 11.3. The SMILES string of the molecule is C/C=C/C(=O)NCCN1c2ccccc2N(C)S1(=O)=O. The number of fused-ring (bicyclic) bond motifs is 1. The minimum atomic E-state index is -3.54. The van der Waals surface area contributed by atoms with Gasteiger partial charge in [0.15, 0.2) is 0 Å². The van der Waals surface area contributed by atoms with Gasteiger partial charge >= 0.3 is 10.2 Å². The van der Waals surface area contributed by atoms with Gasteiger partial charge < -0.3 is 5.32 Å². The molecule has 1 aliphatic rings. The molecule has 1 heterocycles. The van der Waals surface area contributed by atoms with Gasteiger partial charge in [-0.2, -0.15) is 8.42 Å². The molecule has 1 amide bonds. The Morgan fingerprint density at radius 3 is 2.60 bits per heavy atom. The molecule has 0 unspecified atom stereocenters. The Balaban J connectivity index is 2.13. The first-order chi connectivity index (χ1) is 9.48. The molecule has 1 aliphatic heterocycles. The zero-order valence-electron chi connectivity index (χ0n) is 11.4. The van der Waals surface area contributed by atoms with Gasteiger partial charge in [-0.1, -0.05) is 18.2 Å². The van der Waals surface area contributed by atoms with Crippen LogP contribution >= 0.6 is 0 Å². The van der Waals surface area contributed by atoms with E-state index in [0.29, 0.717) is 11.4 Å². The molecule has 0 radical (unpaired) electrons. The minimum Gasteiger partial charge on any atom is -0.351 e. The Morgan fingerprint density at radius 2 is 1.95 bits per heavy atom. The van der Waals surface area contributed by atoms with E-state index in [-0.39, 0.29) is 19.0 Å². The van der Waals surface area contributed by atoms with Crippen LogP contribution in [0.4, 0.5) is 11.4 Å². The van der Waals surface area contributed by atoms with E-state index in [1.807, 2.05) is 0 Å². The van der Waals surface area contributed by atoms with Crippen molar-refractivity contribution >= 4 is 27.5 Å². The molecule has 0 bridgehead atoms. The third-order valence-corrected chi connectivity index (χ3v) is 4.87. The number of carbonyl (C=O) groups is 1. The number of amides is 1. The van der Waals surface area contributed by atoms with Crippen LogP contribution in [-0.2, 0) is 15.0 Å². The average Bonchev–Trinajstić information content (AvgIpc) is 2.60. The van der Waals surface area contributed by atoms with Crippen molar-refractivity contribution < 1.29 is 13.2 Å². The minimum absolute atomic E-state index is 0.201. The van der Waals surface area contributed by atoms with E-state index in [1.165, 1.54) is 21.7 Å². The maximum atomic E-state index is 12.3. The predicted molar refractivity (Wildman–Crippen MR) is 78.9 cm³/mol. The molecule has 7 heteroatoms. The Labute approximate surface area is 118 Å². The van der Waals surface area contributed by atoms with Gasteiger partial charge in [0.05, 0.1) is 17.9 Å². The van der Waals surface area contributed by atoms with Crippen LogP contribution in [-0.4, -0.2) is 34.5 Å². The maximum Gasteiger partial charge on any atom is 0.326 e. The molecule has 0 saturated heterocycles. The molecule has 0 fully saturated rings. The lowest BCUT2D eigenvalue weighted by Gasteiger charge is -2.19. The smallest absolute Gasteiger partial charge is 0.326 e. The molecule has 1 N–H and O–H groups in total. The van der Waals surface area contributed by atoms with E-state index in [2.05, 4.69) is 5.32 Å². The van der Waals surface area contributed by atoms with Crippen molar-refractivity contribution in [2.75, 3.05) is 28.7 Å². The molecule has 0 saturated carbocycles. The van der Waals surface area contributed by atoms with Gasteiger partial charge in [0, 0.05) is 13.6 Å². The number of hydrogen-bond acceptors (Lipinski definition) is 3. The lowest BCUT2D eigenvalue weighted by atomic mass is 10.2. The molecular weight excluding hydrogens is 278 g/mol. The van der Waals surface area contributed by atoms with Crippen molar-refractivity contribution in [2.24, 2.45) is 0 Å². The van der Waals surface area contributed by atoms with Crippen LogP contribution in [0.2, 0.25) is 0 Å². The summed E-state index contributed by atoms with van der Waals surface area (Å²) in [6.45, 7) is 2.20. The number of carbonyl (C=O) groups excluding carboxylic acids is 1. The predicted octanol–water partition coefficient (Wildman–Crippen LogP) is 0.880. The Morgan fingerprint density at radius 1 is 1.30 bits per heavy atom. The molecule has 0 atom stereocenters. The van der Waals surface area contributed by atoms with Gasteiger partial charge in [0.1, 0.15) is 0 Å². The van der Waals surface area contributed by atoms with Gasteiger partial charge in [0.25, 0.3) is 0 Å². The summed E-state index contributed by atoms with van der Waals surface area (Å²) in [6, 6.07) is 7.09. The van der Waals surface area contributed by atoms with Crippen molar-refractivity contribution in [3.8, 4) is 0 Å². The fraction of sp³-hybridized carbons (Fsp3) is 0.308. The highest BCUT2D eigenvalue weighted by atomic mass is 32.2. The van der Waals surface area contributed by atoms with E-state index in [1.54, 1.807) is 37.3 Å². The standard InChI is InChI=1S/C13H17N3O3S/c1-3-6-13(17)14-9-10-16-12-8-5-4-7-11(12)15(2)20(16,18)19/h3-8H,9-10H2,1-2H3,(H,14,17)/b6-3+. The summed E-state index contributed by atoms with van der Waals surface area (Å²) in [5.41, 5.74) is 1.28. The molecule has 6 nitrogen and oxygen atoms in total. The van der Waals surface area contributed by atoms with Gasteiger partial charge in [-0.15, -0.1) is 0 Å². The van der Waals surface area contributed by atoms with Gasteiger partial charge in [-0.25, -0.2) is 4.31 Å². The molecule has 0 spiro atoms. The summed E-state index contributed by atoms with van der Waals surface area (Å²) in [6.07, 6.45) is 3.03. The van der Waals surface area contributed by atoms with Crippen molar-refractivity contribution in [2.45, 2.75) is 6.92 Å². The third kappa shape index (κ3) is 2.49. The maximum absolute atomic E-state index is 12.3. The summed E-state index contributed by atoms with van der Waals surface area (Å²) in [5, 5.41) is 2.64. The Bertz CT molecular complexity index is 640. The summed E-state index contributed by atoms with van der Waals surface area (Å²) in [5.74, 6) is -0.231. The molecule has 1 aromatic rings. The summed E-state index contributed by atoms with van der Waals surface area (Å²) >= 11 is 0. The van der Waals surface area contributed by atoms with Crippen LogP contribution < -0.4 is 13.9 Å². The van der Waals surface area contributed by atoms with E-state index >= 15 is 0 Å². The Hall–Kier alpha value is -2.02. The van der Waals surface area contributed by atoms with E-state index in [9.17, 15) is 13.2 Å². The monoisotopic (exact) mass is 295 g/mol. The topological polar surface area (TPSA) is 69.7 Å². The van der Waals surface area contributed by atoms with Crippen molar-refractivity contribution in [3.63, 3.8) is 0 Å². The third-order valence-electron chi connectivity index (χ3n) is 3.05. The molecular formula is C13H17N3O3S. The molecule has 108 valence electrons. The lowest BCUT2D eigenvalue weighted by Crippen LogP contribution is -2.40. The van der Waals surface area contributed by atoms with Gasteiger partial charge in [-0.05, 0) is 25.1 Å². The van der Waals surface area contributed by atoms with Gasteiger partial charge in [-0.3, -0.25) is 9.10 Å². The second-order valence-electron chi connectivity index (χ2n) is 4.33. The molecule has 0 aromatic heterocycles. The van der Waals surface area contributed by atoms with Crippen LogP contribution in [0.3, 0.4) is 0 Å². The highest BCUT2D eigenvalue weighted by Gasteiger charge is 2.37. The fourth-order valence-electron chi connectivity index (χ4n) is 2.06. The molecule has 0 aliphatic carbocycles. The largest absolute Gasteiger partial charge is 0.351 e. The first-order valence-electron chi connectivity index (χ1n) is 6.24. The fourth-order valence-corrected chi connectivity index (χ4v) is 3.49. The van der Waals surface area contributed by atoms with Crippen LogP contribution in [0.15, 0.2) is 36.4 Å². The van der Waals surface area contributed by atoms with E-state index < -0.39 is 10.2 Å². The van der Waals surface area contributed by atoms with Crippen molar-refractivity contribution in [3.05, 3.63) is 36.4 Å². The van der Waals surface area contributed by atoms with Crippen LogP contribution in [0.5, 0.6) is 0 Å². The molecule has 20 heavy (non-hydrogen) atoms. The van der Waals surface area contributed by atoms with Crippen LogP contribution in [0, 0.1) is 0 Å². The molecule has 2 rings (SSSR count). The average molecular weight is 295 g/mol. The number of hydrogen-bond donors (Lipinski definition) is 1. The van der Waals surface area contributed by atoms with Crippen LogP contribution in [0.1, 0.15) is 6.92 Å². The quantitative estimate of drug-likeness (QED) is 0.838. The number of nitrogens with one attached hydrogen (secondary N) is 1.